The number of nitrogens with zero attached hydrogens (tertiary/aromatic N) is 1. The molecule has 0 fully saturated rings. The molecule has 2 aromatic heterocycles. The maximum Gasteiger partial charge on any atom is 0.348 e. The van der Waals surface area contributed by atoms with Crippen LogP contribution in [0.15, 0.2) is 59.4 Å². The minimum Gasteiger partial charge on any atom is -0.477 e. The summed E-state index contributed by atoms with van der Waals surface area (Å²) < 4.78 is 1.53. The van der Waals surface area contributed by atoms with E-state index in [0.717, 1.165) is 11.3 Å². The highest BCUT2D eigenvalue weighted by Crippen LogP contribution is 2.38. The number of anilines is 1. The summed E-state index contributed by atoms with van der Waals surface area (Å²) >= 11 is 1.02. The molecule has 0 saturated heterocycles. The quantitative estimate of drug-likeness (QED) is 0.587. The summed E-state index contributed by atoms with van der Waals surface area (Å²) in [6.07, 6.45) is 0. The Morgan fingerprint density at radius 3 is 2.29 bits per heavy atom. The molecule has 3 N–H and O–H groups in total. The number of nitrogen functional groups attached to an aromatic ring is 1. The van der Waals surface area contributed by atoms with Gasteiger partial charge in [-0.1, -0.05) is 36.4 Å². The lowest BCUT2D eigenvalue weighted by Crippen LogP contribution is -2.18. The molecule has 0 amide bonds. The standard InChI is InChI=1S/C18H12N2O3S/c19-14-13-11-8-4-5-9-12(11)16(21)20(10-6-2-1-3-7-10)17(13)24-15(14)18(22)23/h1-9H,19H2,(H,22,23). The number of nitrogens with two attached hydrogens (primary N) is 1. The van der Waals surface area contributed by atoms with Crippen molar-refractivity contribution in [1.29, 1.82) is 0 Å². The molecule has 0 saturated carbocycles. The van der Waals surface area contributed by atoms with Crippen LogP contribution in [0.3, 0.4) is 0 Å². The third-order valence-corrected chi connectivity index (χ3v) is 5.15. The molecule has 6 heteroatoms. The van der Waals surface area contributed by atoms with E-state index < -0.39 is 5.97 Å². The Bertz CT molecular complexity index is 1160. The van der Waals surface area contributed by atoms with Gasteiger partial charge in [0.25, 0.3) is 5.56 Å². The van der Waals surface area contributed by atoms with Crippen LogP contribution in [0.4, 0.5) is 5.69 Å². The van der Waals surface area contributed by atoms with Crippen LogP contribution in [0.1, 0.15) is 9.67 Å². The van der Waals surface area contributed by atoms with Crippen molar-refractivity contribution < 1.29 is 9.90 Å². The number of fused-ring (bicyclic) bond motifs is 3. The molecule has 0 aliphatic heterocycles. The van der Waals surface area contributed by atoms with E-state index in [1.807, 2.05) is 36.4 Å². The number of carboxylic acid groups (broad SMARTS) is 1. The molecule has 4 rings (SSSR count). The fourth-order valence-electron chi connectivity index (χ4n) is 2.92. The Kier molecular flexibility index (Phi) is 3.14. The summed E-state index contributed by atoms with van der Waals surface area (Å²) in [5, 5.41) is 11.2. The van der Waals surface area contributed by atoms with Crippen molar-refractivity contribution in [2.24, 2.45) is 0 Å². The van der Waals surface area contributed by atoms with Crippen LogP contribution in [0.5, 0.6) is 0 Å². The fourth-order valence-corrected chi connectivity index (χ4v) is 4.01. The Balaban J connectivity index is 2.30. The molecule has 2 heterocycles. The van der Waals surface area contributed by atoms with Gasteiger partial charge in [-0.05, 0) is 23.6 Å². The number of carboxylic acids is 1. The Hall–Kier alpha value is -3.12. The molecule has 0 unspecified atom stereocenters. The second-order valence-electron chi connectivity index (χ2n) is 5.35. The van der Waals surface area contributed by atoms with Gasteiger partial charge in [0.2, 0.25) is 0 Å². The summed E-state index contributed by atoms with van der Waals surface area (Å²) in [5.74, 6) is -1.09. The fraction of sp³-hybridized carbons (Fsp3) is 0. The lowest BCUT2D eigenvalue weighted by atomic mass is 10.1. The highest BCUT2D eigenvalue weighted by atomic mass is 32.1. The van der Waals surface area contributed by atoms with Gasteiger partial charge in [-0.15, -0.1) is 11.3 Å². The Morgan fingerprint density at radius 2 is 1.62 bits per heavy atom. The number of benzene rings is 2. The molecule has 5 nitrogen and oxygen atoms in total. The van der Waals surface area contributed by atoms with E-state index >= 15 is 0 Å². The minimum atomic E-state index is -1.09. The maximum atomic E-state index is 13.0. The van der Waals surface area contributed by atoms with E-state index in [9.17, 15) is 14.7 Å². The van der Waals surface area contributed by atoms with Gasteiger partial charge in [-0.2, -0.15) is 0 Å². The van der Waals surface area contributed by atoms with Crippen LogP contribution in [-0.2, 0) is 0 Å². The number of carbonyl (C=O) groups is 1. The summed E-state index contributed by atoms with van der Waals surface area (Å²) in [6.45, 7) is 0. The molecular weight excluding hydrogens is 324 g/mol. The molecule has 118 valence electrons. The van der Waals surface area contributed by atoms with Crippen LogP contribution in [0.2, 0.25) is 0 Å². The highest BCUT2D eigenvalue weighted by molar-refractivity contribution is 7.21. The Labute approximate surface area is 140 Å². The minimum absolute atomic E-state index is 0.0467. The summed E-state index contributed by atoms with van der Waals surface area (Å²) in [7, 11) is 0. The molecule has 0 aliphatic rings. The first-order chi connectivity index (χ1) is 11.6. The average molecular weight is 336 g/mol. The third kappa shape index (κ3) is 1.93. The molecule has 0 bridgehead atoms. The zero-order valence-corrected chi connectivity index (χ0v) is 13.2. The van der Waals surface area contributed by atoms with Crippen LogP contribution in [-0.4, -0.2) is 15.6 Å². The van der Waals surface area contributed by atoms with Crippen molar-refractivity contribution in [2.45, 2.75) is 0 Å². The van der Waals surface area contributed by atoms with E-state index in [0.29, 0.717) is 26.7 Å². The van der Waals surface area contributed by atoms with E-state index in [2.05, 4.69) is 0 Å². The van der Waals surface area contributed by atoms with Crippen molar-refractivity contribution in [1.82, 2.24) is 4.57 Å². The number of thiophene rings is 1. The van der Waals surface area contributed by atoms with Gasteiger partial charge in [-0.3, -0.25) is 9.36 Å². The monoisotopic (exact) mass is 336 g/mol. The van der Waals surface area contributed by atoms with Crippen LogP contribution < -0.4 is 11.3 Å². The molecule has 2 aromatic carbocycles. The van der Waals surface area contributed by atoms with E-state index in [1.54, 1.807) is 18.2 Å². The van der Waals surface area contributed by atoms with Crippen molar-refractivity contribution >= 4 is 44.0 Å². The second-order valence-corrected chi connectivity index (χ2v) is 6.35. The van der Waals surface area contributed by atoms with Crippen molar-refractivity contribution in [3.63, 3.8) is 0 Å². The first-order valence-corrected chi connectivity index (χ1v) is 8.05. The largest absolute Gasteiger partial charge is 0.477 e. The van der Waals surface area contributed by atoms with Gasteiger partial charge in [0.15, 0.2) is 0 Å². The molecule has 0 atom stereocenters. The van der Waals surface area contributed by atoms with Crippen molar-refractivity contribution in [3.8, 4) is 5.69 Å². The highest BCUT2D eigenvalue weighted by Gasteiger charge is 2.22. The third-order valence-electron chi connectivity index (χ3n) is 3.97. The predicted molar refractivity (Wildman–Crippen MR) is 96.3 cm³/mol. The maximum absolute atomic E-state index is 13.0. The topological polar surface area (TPSA) is 85.3 Å². The molecular formula is C18H12N2O3S. The lowest BCUT2D eigenvalue weighted by Gasteiger charge is -2.10. The zero-order valence-electron chi connectivity index (χ0n) is 12.4. The normalized spacial score (nSPS) is 11.2. The van der Waals surface area contributed by atoms with Crippen molar-refractivity contribution in [3.05, 3.63) is 69.8 Å². The smallest absolute Gasteiger partial charge is 0.348 e. The van der Waals surface area contributed by atoms with E-state index in [-0.39, 0.29) is 16.1 Å². The molecule has 0 radical (unpaired) electrons. The van der Waals surface area contributed by atoms with Gasteiger partial charge < -0.3 is 10.8 Å². The van der Waals surface area contributed by atoms with Gasteiger partial charge in [0, 0.05) is 10.8 Å². The molecule has 0 spiro atoms. The molecule has 4 aromatic rings. The van der Waals surface area contributed by atoms with Crippen LogP contribution >= 0.6 is 11.3 Å². The van der Waals surface area contributed by atoms with Crippen LogP contribution in [0, 0.1) is 0 Å². The second kappa shape index (κ2) is 5.21. The number of pyridine rings is 1. The van der Waals surface area contributed by atoms with Crippen molar-refractivity contribution in [2.75, 3.05) is 5.73 Å². The van der Waals surface area contributed by atoms with E-state index in [1.165, 1.54) is 4.57 Å². The SMILES string of the molecule is Nc1c(C(=O)O)sc2c1c1ccccc1c(=O)n2-c1ccccc1. The Morgan fingerprint density at radius 1 is 1.00 bits per heavy atom. The van der Waals surface area contributed by atoms with Gasteiger partial charge in [0.1, 0.15) is 9.71 Å². The average Bonchev–Trinajstić information content (AvgIpc) is 2.94. The number of hydrogen-bond acceptors (Lipinski definition) is 4. The van der Waals surface area contributed by atoms with Gasteiger partial charge in [-0.25, -0.2) is 4.79 Å². The lowest BCUT2D eigenvalue weighted by molar-refractivity contribution is 0.0703. The number of hydrogen-bond donors (Lipinski definition) is 2. The zero-order chi connectivity index (χ0) is 16.8. The van der Waals surface area contributed by atoms with E-state index in [4.69, 9.17) is 5.73 Å². The van der Waals surface area contributed by atoms with Crippen LogP contribution in [0.25, 0.3) is 26.7 Å². The number of para-hydroxylation sites is 1. The number of aromatic nitrogens is 1. The number of rotatable bonds is 2. The summed E-state index contributed by atoms with van der Waals surface area (Å²) in [4.78, 5) is 25.1. The van der Waals surface area contributed by atoms with Gasteiger partial charge in [0.05, 0.1) is 11.4 Å². The molecule has 0 aliphatic carbocycles. The summed E-state index contributed by atoms with van der Waals surface area (Å²) in [5.41, 5.74) is 6.80. The predicted octanol–water partition coefficient (Wildman–Crippen LogP) is 3.49. The molecule has 24 heavy (non-hydrogen) atoms. The first kappa shape index (κ1) is 14.5. The van der Waals surface area contributed by atoms with Gasteiger partial charge >= 0.3 is 5.97 Å². The first-order valence-electron chi connectivity index (χ1n) is 7.24. The summed E-state index contributed by atoms with van der Waals surface area (Å²) in [6, 6.07) is 16.3. The number of aromatic carboxylic acids is 1.